The van der Waals surface area contributed by atoms with Crippen LogP contribution in [0.1, 0.15) is 25.7 Å². The number of ether oxygens (including phenoxy) is 1. The van der Waals surface area contributed by atoms with Crippen molar-refractivity contribution < 1.29 is 9.53 Å². The van der Waals surface area contributed by atoms with Gasteiger partial charge in [-0.1, -0.05) is 0 Å². The lowest BCUT2D eigenvalue weighted by atomic mass is 9.95. The molecule has 1 spiro atoms. The molecule has 0 aromatic carbocycles. The zero-order chi connectivity index (χ0) is 9.31. The molecule has 0 atom stereocenters. The molecule has 0 bridgehead atoms. The van der Waals surface area contributed by atoms with Crippen molar-refractivity contribution in [1.82, 2.24) is 4.90 Å². The van der Waals surface area contributed by atoms with Crippen LogP contribution < -0.4 is 0 Å². The minimum Gasteiger partial charge on any atom is -0.375 e. The monoisotopic (exact) mass is 183 g/mol. The zero-order valence-corrected chi connectivity index (χ0v) is 8.21. The number of carbonyl (C=O) groups is 1. The van der Waals surface area contributed by atoms with Crippen molar-refractivity contribution in [3.8, 4) is 0 Å². The summed E-state index contributed by atoms with van der Waals surface area (Å²) in [5.41, 5.74) is 0.529. The number of likely N-dealkylation sites (tertiary alicyclic amines) is 1. The molecular weight excluding hydrogens is 166 g/mol. The Labute approximate surface area is 79.0 Å². The van der Waals surface area contributed by atoms with Gasteiger partial charge < -0.3 is 9.64 Å². The number of rotatable bonds is 2. The molecule has 1 aliphatic carbocycles. The third-order valence-corrected chi connectivity index (χ3v) is 3.24. The first-order valence-corrected chi connectivity index (χ1v) is 5.02. The summed E-state index contributed by atoms with van der Waals surface area (Å²) in [5, 5.41) is 0. The predicted molar refractivity (Wildman–Crippen MR) is 49.4 cm³/mol. The summed E-state index contributed by atoms with van der Waals surface area (Å²) in [5.74, 6) is 0.161. The van der Waals surface area contributed by atoms with Gasteiger partial charge in [0.25, 0.3) is 0 Å². The van der Waals surface area contributed by atoms with E-state index in [0.29, 0.717) is 5.41 Å². The Morgan fingerprint density at radius 1 is 1.46 bits per heavy atom. The first-order valence-electron chi connectivity index (χ1n) is 5.02. The van der Waals surface area contributed by atoms with Crippen LogP contribution >= 0.6 is 0 Å². The van der Waals surface area contributed by atoms with Gasteiger partial charge in [0.05, 0.1) is 0 Å². The van der Waals surface area contributed by atoms with Crippen LogP contribution in [0.15, 0.2) is 0 Å². The fourth-order valence-electron chi connectivity index (χ4n) is 2.22. The lowest BCUT2D eigenvalue weighted by molar-refractivity contribution is -0.137. The minimum atomic E-state index is 0.161. The van der Waals surface area contributed by atoms with E-state index < -0.39 is 0 Å². The number of carbonyl (C=O) groups excluding carboxylic acids is 1. The van der Waals surface area contributed by atoms with Gasteiger partial charge in [-0.15, -0.1) is 0 Å². The quantitative estimate of drug-likeness (QED) is 0.640. The molecule has 0 N–H and O–H groups in total. The van der Waals surface area contributed by atoms with E-state index in [9.17, 15) is 4.79 Å². The fraction of sp³-hybridized carbons (Fsp3) is 0.900. The third-order valence-electron chi connectivity index (χ3n) is 3.24. The van der Waals surface area contributed by atoms with Crippen LogP contribution in [-0.2, 0) is 9.53 Å². The van der Waals surface area contributed by atoms with Crippen LogP contribution in [0.4, 0.5) is 0 Å². The maximum Gasteiger partial charge on any atom is 0.248 e. The van der Waals surface area contributed by atoms with E-state index in [1.54, 1.807) is 7.11 Å². The molecule has 2 fully saturated rings. The summed E-state index contributed by atoms with van der Waals surface area (Å²) in [6.07, 6.45) is 5.15. The second kappa shape index (κ2) is 3.29. The van der Waals surface area contributed by atoms with E-state index in [0.717, 1.165) is 13.1 Å². The maximum atomic E-state index is 11.5. The number of amides is 1. The van der Waals surface area contributed by atoms with Gasteiger partial charge in [-0.05, 0) is 31.1 Å². The molecule has 3 heteroatoms. The van der Waals surface area contributed by atoms with E-state index in [4.69, 9.17) is 4.74 Å². The summed E-state index contributed by atoms with van der Waals surface area (Å²) < 4.78 is 4.85. The Kier molecular flexibility index (Phi) is 2.28. The van der Waals surface area contributed by atoms with Crippen LogP contribution in [0, 0.1) is 5.41 Å². The lowest BCUT2D eigenvalue weighted by Crippen LogP contribution is -2.42. The molecule has 0 aromatic rings. The molecule has 1 saturated carbocycles. The number of nitrogens with zero attached hydrogens (tertiary/aromatic N) is 1. The van der Waals surface area contributed by atoms with E-state index in [2.05, 4.69) is 0 Å². The van der Waals surface area contributed by atoms with E-state index in [1.807, 2.05) is 4.90 Å². The van der Waals surface area contributed by atoms with Gasteiger partial charge in [0.1, 0.15) is 6.61 Å². The molecule has 74 valence electrons. The molecule has 1 amide bonds. The summed E-state index contributed by atoms with van der Waals surface area (Å²) >= 11 is 0. The van der Waals surface area contributed by atoms with Crippen LogP contribution in [0.5, 0.6) is 0 Å². The van der Waals surface area contributed by atoms with Gasteiger partial charge in [-0.2, -0.15) is 0 Å². The highest BCUT2D eigenvalue weighted by atomic mass is 16.5. The molecule has 13 heavy (non-hydrogen) atoms. The van der Waals surface area contributed by atoms with Crippen molar-refractivity contribution in [2.75, 3.05) is 26.8 Å². The van der Waals surface area contributed by atoms with Crippen molar-refractivity contribution in [3.05, 3.63) is 0 Å². The van der Waals surface area contributed by atoms with Crippen molar-refractivity contribution in [1.29, 1.82) is 0 Å². The molecule has 0 unspecified atom stereocenters. The van der Waals surface area contributed by atoms with Gasteiger partial charge in [0.15, 0.2) is 0 Å². The molecule has 0 radical (unpaired) electrons. The zero-order valence-electron chi connectivity index (χ0n) is 8.21. The third kappa shape index (κ3) is 1.85. The second-order valence-corrected chi connectivity index (χ2v) is 4.35. The van der Waals surface area contributed by atoms with E-state index in [-0.39, 0.29) is 12.5 Å². The number of hydrogen-bond acceptors (Lipinski definition) is 2. The molecule has 3 nitrogen and oxygen atoms in total. The van der Waals surface area contributed by atoms with Crippen LogP contribution in [0.2, 0.25) is 0 Å². The Bertz CT molecular complexity index is 211. The average molecular weight is 183 g/mol. The molecule has 1 aliphatic heterocycles. The van der Waals surface area contributed by atoms with E-state index >= 15 is 0 Å². The van der Waals surface area contributed by atoms with Crippen molar-refractivity contribution in [3.63, 3.8) is 0 Å². The molecule has 2 aliphatic rings. The topological polar surface area (TPSA) is 29.5 Å². The highest BCUT2D eigenvalue weighted by Gasteiger charge is 2.46. The Morgan fingerprint density at radius 2 is 2.23 bits per heavy atom. The lowest BCUT2D eigenvalue weighted by Gasteiger charge is -2.32. The molecule has 1 heterocycles. The Morgan fingerprint density at radius 3 is 2.85 bits per heavy atom. The molecule has 0 aromatic heterocycles. The first kappa shape index (κ1) is 9.00. The van der Waals surface area contributed by atoms with E-state index in [1.165, 1.54) is 25.7 Å². The number of hydrogen-bond donors (Lipinski definition) is 0. The highest BCUT2D eigenvalue weighted by Crippen LogP contribution is 2.51. The van der Waals surface area contributed by atoms with Crippen molar-refractivity contribution >= 4 is 5.91 Å². The second-order valence-electron chi connectivity index (χ2n) is 4.35. The van der Waals surface area contributed by atoms with Gasteiger partial charge in [-0.3, -0.25) is 4.79 Å². The Hall–Kier alpha value is -0.570. The summed E-state index contributed by atoms with van der Waals surface area (Å²) in [4.78, 5) is 13.5. The largest absolute Gasteiger partial charge is 0.375 e. The van der Waals surface area contributed by atoms with Gasteiger partial charge in [-0.25, -0.2) is 0 Å². The first-order chi connectivity index (χ1) is 6.26. The summed E-state index contributed by atoms with van der Waals surface area (Å²) in [6, 6.07) is 0. The summed E-state index contributed by atoms with van der Waals surface area (Å²) in [7, 11) is 1.58. The van der Waals surface area contributed by atoms with Gasteiger partial charge in [0, 0.05) is 20.2 Å². The number of piperidine rings is 1. The molecule has 2 rings (SSSR count). The SMILES string of the molecule is COCC(=O)N1CCCC2(CC2)C1. The van der Waals surface area contributed by atoms with Crippen molar-refractivity contribution in [2.45, 2.75) is 25.7 Å². The van der Waals surface area contributed by atoms with Crippen LogP contribution in [-0.4, -0.2) is 37.6 Å². The maximum absolute atomic E-state index is 11.5. The fourth-order valence-corrected chi connectivity index (χ4v) is 2.22. The molecular formula is C10H17NO2. The van der Waals surface area contributed by atoms with Crippen LogP contribution in [0.25, 0.3) is 0 Å². The van der Waals surface area contributed by atoms with Gasteiger partial charge in [0.2, 0.25) is 5.91 Å². The smallest absolute Gasteiger partial charge is 0.248 e. The normalized spacial score (nSPS) is 24.8. The minimum absolute atomic E-state index is 0.161. The summed E-state index contributed by atoms with van der Waals surface area (Å²) in [6.45, 7) is 2.16. The predicted octanol–water partition coefficient (Wildman–Crippen LogP) is 1.04. The van der Waals surface area contributed by atoms with Crippen LogP contribution in [0.3, 0.4) is 0 Å². The number of methoxy groups -OCH3 is 1. The van der Waals surface area contributed by atoms with Crippen molar-refractivity contribution in [2.24, 2.45) is 5.41 Å². The highest BCUT2D eigenvalue weighted by molar-refractivity contribution is 5.77. The van der Waals surface area contributed by atoms with Gasteiger partial charge >= 0.3 is 0 Å². The average Bonchev–Trinajstić information content (AvgIpc) is 2.85. The standard InChI is InChI=1S/C10H17NO2/c1-13-7-9(12)11-6-2-3-10(8-11)4-5-10/h2-8H2,1H3. The molecule has 1 saturated heterocycles. The Balaban J connectivity index is 1.88.